The van der Waals surface area contributed by atoms with Crippen LogP contribution < -0.4 is 0 Å². The largest absolute Gasteiger partial charge is 0.478 e. The van der Waals surface area contributed by atoms with Crippen LogP contribution in [0.5, 0.6) is 0 Å². The first-order valence-corrected chi connectivity index (χ1v) is 5.48. The second kappa shape index (κ2) is 7.53. The van der Waals surface area contributed by atoms with Gasteiger partial charge in [-0.3, -0.25) is 0 Å². The van der Waals surface area contributed by atoms with E-state index in [1.807, 2.05) is 27.7 Å². The number of benzene rings is 1. The lowest BCUT2D eigenvalue weighted by atomic mass is 10.1. The van der Waals surface area contributed by atoms with Crippen molar-refractivity contribution in [2.75, 3.05) is 0 Å². The van der Waals surface area contributed by atoms with E-state index >= 15 is 0 Å². The first-order chi connectivity index (χ1) is 7.65. The number of aromatic carboxylic acids is 1. The fraction of sp³-hybridized carbons (Fsp3) is 0.357. The van der Waals surface area contributed by atoms with Crippen molar-refractivity contribution < 1.29 is 9.90 Å². The monoisotopic (exact) mass is 218 g/mol. The van der Waals surface area contributed by atoms with E-state index in [-0.39, 0.29) is 5.56 Å². The Morgan fingerprint density at radius 1 is 1.38 bits per heavy atom. The number of aryl methyl sites for hydroxylation is 1. The van der Waals surface area contributed by atoms with Gasteiger partial charge in [-0.05, 0) is 24.6 Å². The van der Waals surface area contributed by atoms with E-state index in [2.05, 4.69) is 11.8 Å². The first-order valence-electron chi connectivity index (χ1n) is 5.48. The molecule has 0 fully saturated rings. The number of rotatable bonds is 1. The van der Waals surface area contributed by atoms with Gasteiger partial charge in [-0.25, -0.2) is 4.79 Å². The van der Waals surface area contributed by atoms with E-state index in [4.69, 9.17) is 5.11 Å². The van der Waals surface area contributed by atoms with Gasteiger partial charge in [0.1, 0.15) is 0 Å². The van der Waals surface area contributed by atoms with Crippen molar-refractivity contribution in [1.29, 1.82) is 0 Å². The van der Waals surface area contributed by atoms with Gasteiger partial charge in [0.25, 0.3) is 0 Å². The predicted octanol–water partition coefficient (Wildman–Crippen LogP) is 3.48. The Balaban J connectivity index is 0.00000106. The standard InChI is InChI=1S/C12H12O2.C2H6/c1-3-4-5-10-8-11(12(13)14)7-6-9(10)2;1-2/h6-8H,3H2,1-2H3,(H,13,14);1-2H3. The minimum Gasteiger partial charge on any atom is -0.478 e. The number of hydrogen-bond acceptors (Lipinski definition) is 1. The van der Waals surface area contributed by atoms with Crippen LogP contribution in [0.2, 0.25) is 0 Å². The summed E-state index contributed by atoms with van der Waals surface area (Å²) in [5, 5.41) is 8.78. The van der Waals surface area contributed by atoms with Crippen LogP contribution in [0, 0.1) is 18.8 Å². The molecule has 2 nitrogen and oxygen atoms in total. The molecule has 0 aliphatic rings. The summed E-state index contributed by atoms with van der Waals surface area (Å²) in [5.41, 5.74) is 2.10. The van der Waals surface area contributed by atoms with Crippen molar-refractivity contribution in [3.05, 3.63) is 34.9 Å². The first kappa shape index (κ1) is 14.2. The SMILES string of the molecule is CC.CCC#Cc1cc(C(=O)O)ccc1C. The van der Waals surface area contributed by atoms with E-state index in [0.29, 0.717) is 0 Å². The lowest BCUT2D eigenvalue weighted by Crippen LogP contribution is -1.97. The normalized spacial score (nSPS) is 8.25. The van der Waals surface area contributed by atoms with Crippen molar-refractivity contribution in [2.45, 2.75) is 34.1 Å². The summed E-state index contributed by atoms with van der Waals surface area (Å²) in [6.07, 6.45) is 0.775. The third kappa shape index (κ3) is 4.18. The van der Waals surface area contributed by atoms with Crippen molar-refractivity contribution in [2.24, 2.45) is 0 Å². The molecule has 1 aromatic carbocycles. The molecule has 0 aliphatic heterocycles. The summed E-state index contributed by atoms with van der Waals surface area (Å²) >= 11 is 0. The zero-order chi connectivity index (χ0) is 12.6. The Morgan fingerprint density at radius 3 is 2.50 bits per heavy atom. The highest BCUT2D eigenvalue weighted by Gasteiger charge is 2.03. The van der Waals surface area contributed by atoms with Gasteiger partial charge in [0.2, 0.25) is 0 Å². The lowest BCUT2D eigenvalue weighted by Gasteiger charge is -1.99. The quantitative estimate of drug-likeness (QED) is 0.733. The predicted molar refractivity (Wildman–Crippen MR) is 66.7 cm³/mol. The molecule has 0 unspecified atom stereocenters. The van der Waals surface area contributed by atoms with Gasteiger partial charge in [-0.2, -0.15) is 0 Å². The lowest BCUT2D eigenvalue weighted by molar-refractivity contribution is 0.0697. The van der Waals surface area contributed by atoms with Crippen molar-refractivity contribution in [3.8, 4) is 11.8 Å². The molecule has 86 valence electrons. The van der Waals surface area contributed by atoms with Crippen molar-refractivity contribution in [3.63, 3.8) is 0 Å². The summed E-state index contributed by atoms with van der Waals surface area (Å²) in [6, 6.07) is 4.98. The van der Waals surface area contributed by atoms with Gasteiger partial charge >= 0.3 is 5.97 Å². The van der Waals surface area contributed by atoms with Crippen LogP contribution in [0.1, 0.15) is 48.7 Å². The number of carboxylic acids is 1. The fourth-order valence-electron chi connectivity index (χ4n) is 1.07. The third-order valence-corrected chi connectivity index (χ3v) is 1.88. The summed E-state index contributed by atoms with van der Waals surface area (Å²) < 4.78 is 0. The topological polar surface area (TPSA) is 37.3 Å². The fourth-order valence-corrected chi connectivity index (χ4v) is 1.07. The van der Waals surface area contributed by atoms with Gasteiger partial charge in [0.15, 0.2) is 0 Å². The molecule has 0 saturated heterocycles. The van der Waals surface area contributed by atoms with Crippen LogP contribution in [0.3, 0.4) is 0 Å². The van der Waals surface area contributed by atoms with E-state index in [9.17, 15) is 4.79 Å². The second-order valence-electron chi connectivity index (χ2n) is 2.99. The number of carboxylic acid groups (broad SMARTS) is 1. The molecule has 0 radical (unpaired) electrons. The van der Waals surface area contributed by atoms with Gasteiger partial charge in [0, 0.05) is 12.0 Å². The Kier molecular flexibility index (Phi) is 6.71. The molecule has 0 aromatic heterocycles. The van der Waals surface area contributed by atoms with Gasteiger partial charge in [-0.15, -0.1) is 0 Å². The van der Waals surface area contributed by atoms with Crippen LogP contribution in [0.25, 0.3) is 0 Å². The van der Waals surface area contributed by atoms with Crippen molar-refractivity contribution in [1.82, 2.24) is 0 Å². The Labute approximate surface area is 97.3 Å². The molecule has 0 atom stereocenters. The molecule has 0 spiro atoms. The smallest absolute Gasteiger partial charge is 0.335 e. The van der Waals surface area contributed by atoms with E-state index in [0.717, 1.165) is 17.5 Å². The molecule has 1 aromatic rings. The van der Waals surface area contributed by atoms with Crippen LogP contribution >= 0.6 is 0 Å². The number of hydrogen-bond donors (Lipinski definition) is 1. The molecular weight excluding hydrogens is 200 g/mol. The zero-order valence-corrected chi connectivity index (χ0v) is 10.3. The maximum absolute atomic E-state index is 10.7. The third-order valence-electron chi connectivity index (χ3n) is 1.88. The zero-order valence-electron chi connectivity index (χ0n) is 10.3. The molecule has 1 N–H and O–H groups in total. The van der Waals surface area contributed by atoms with Gasteiger partial charge in [-0.1, -0.05) is 38.7 Å². The minimum absolute atomic E-state index is 0.288. The Bertz CT molecular complexity index is 408. The molecule has 0 amide bonds. The van der Waals surface area contributed by atoms with Crippen LogP contribution in [-0.4, -0.2) is 11.1 Å². The van der Waals surface area contributed by atoms with Gasteiger partial charge < -0.3 is 5.11 Å². The maximum atomic E-state index is 10.7. The summed E-state index contributed by atoms with van der Waals surface area (Å²) in [5.74, 6) is 4.96. The van der Waals surface area contributed by atoms with E-state index < -0.39 is 5.97 Å². The van der Waals surface area contributed by atoms with Crippen LogP contribution in [0.4, 0.5) is 0 Å². The molecular formula is C14H18O2. The average molecular weight is 218 g/mol. The Morgan fingerprint density at radius 2 is 2.00 bits per heavy atom. The molecule has 0 heterocycles. The molecule has 0 aliphatic carbocycles. The number of carbonyl (C=O) groups is 1. The highest BCUT2D eigenvalue weighted by molar-refractivity contribution is 5.88. The highest BCUT2D eigenvalue weighted by atomic mass is 16.4. The molecule has 2 heteroatoms. The Hall–Kier alpha value is -1.75. The maximum Gasteiger partial charge on any atom is 0.335 e. The molecule has 0 saturated carbocycles. The molecule has 0 bridgehead atoms. The second-order valence-corrected chi connectivity index (χ2v) is 2.99. The summed E-state index contributed by atoms with van der Waals surface area (Å²) in [7, 11) is 0. The minimum atomic E-state index is -0.912. The summed E-state index contributed by atoms with van der Waals surface area (Å²) in [6.45, 7) is 7.88. The van der Waals surface area contributed by atoms with Crippen molar-refractivity contribution >= 4 is 5.97 Å². The highest BCUT2D eigenvalue weighted by Crippen LogP contribution is 2.10. The van der Waals surface area contributed by atoms with Crippen LogP contribution in [0.15, 0.2) is 18.2 Å². The van der Waals surface area contributed by atoms with E-state index in [1.165, 1.54) is 0 Å². The summed E-state index contributed by atoms with van der Waals surface area (Å²) in [4.78, 5) is 10.7. The molecule has 1 rings (SSSR count). The average Bonchev–Trinajstić information content (AvgIpc) is 2.30. The molecule has 16 heavy (non-hydrogen) atoms. The van der Waals surface area contributed by atoms with Crippen LogP contribution in [-0.2, 0) is 0 Å². The van der Waals surface area contributed by atoms with Gasteiger partial charge in [0.05, 0.1) is 5.56 Å². The van der Waals surface area contributed by atoms with E-state index in [1.54, 1.807) is 18.2 Å².